The minimum absolute atomic E-state index is 0.0761. The van der Waals surface area contributed by atoms with Crippen molar-refractivity contribution in [1.82, 2.24) is 4.90 Å². The fourth-order valence-corrected chi connectivity index (χ4v) is 6.27. The minimum atomic E-state index is -0.238. The van der Waals surface area contributed by atoms with Crippen LogP contribution in [0.5, 0.6) is 0 Å². The third-order valence-corrected chi connectivity index (χ3v) is 8.26. The second-order valence-electron chi connectivity index (χ2n) is 10.0. The predicted molar refractivity (Wildman–Crippen MR) is 108 cm³/mol. The molecule has 3 heteroatoms. The number of hydrogen-bond donors (Lipinski definition) is 2. The minimum Gasteiger partial charge on any atom is -0.393 e. The Bertz CT molecular complexity index is 556. The maximum atomic E-state index is 11.4. The average Bonchev–Trinajstić information content (AvgIpc) is 2.87. The van der Waals surface area contributed by atoms with Gasteiger partial charge in [-0.15, -0.1) is 0 Å². The van der Waals surface area contributed by atoms with Crippen LogP contribution in [0.4, 0.5) is 0 Å². The summed E-state index contributed by atoms with van der Waals surface area (Å²) >= 11 is 0. The van der Waals surface area contributed by atoms with E-state index in [9.17, 15) is 10.2 Å². The van der Waals surface area contributed by atoms with Crippen molar-refractivity contribution in [3.8, 4) is 0 Å². The van der Waals surface area contributed by atoms with E-state index in [0.29, 0.717) is 17.8 Å². The number of fused-ring (bicyclic) bond motifs is 1. The summed E-state index contributed by atoms with van der Waals surface area (Å²) in [5.41, 5.74) is 1.57. The number of allylic oxidation sites excluding steroid dienone is 2. The Morgan fingerprint density at radius 3 is 2.54 bits per heavy atom. The quantitative estimate of drug-likeness (QED) is 0.744. The van der Waals surface area contributed by atoms with E-state index in [1.165, 1.54) is 5.57 Å². The molecule has 3 rings (SSSR count). The van der Waals surface area contributed by atoms with E-state index < -0.39 is 0 Å². The number of nitrogens with zero attached hydrogens (tertiary/aromatic N) is 1. The van der Waals surface area contributed by atoms with Gasteiger partial charge in [0.05, 0.1) is 12.2 Å². The molecule has 148 valence electrons. The molecule has 3 nitrogen and oxygen atoms in total. The highest BCUT2D eigenvalue weighted by molar-refractivity contribution is 5.21. The zero-order chi connectivity index (χ0) is 19.1. The van der Waals surface area contributed by atoms with Gasteiger partial charge in [0.1, 0.15) is 0 Å². The lowest BCUT2D eigenvalue weighted by Crippen LogP contribution is -2.52. The smallest absolute Gasteiger partial charge is 0.0610 e. The van der Waals surface area contributed by atoms with Gasteiger partial charge in [-0.25, -0.2) is 0 Å². The normalized spacial score (nSPS) is 46.9. The molecule has 7 atom stereocenters. The molecule has 0 spiro atoms. The van der Waals surface area contributed by atoms with Gasteiger partial charge in [0.15, 0.2) is 0 Å². The predicted octanol–water partition coefficient (Wildman–Crippen LogP) is 4.01. The summed E-state index contributed by atoms with van der Waals surface area (Å²) in [5, 5.41) is 21.7. The maximum Gasteiger partial charge on any atom is 0.0610 e. The summed E-state index contributed by atoms with van der Waals surface area (Å²) in [4.78, 5) is 2.16. The van der Waals surface area contributed by atoms with E-state index in [2.05, 4.69) is 51.6 Å². The molecule has 0 bridgehead atoms. The van der Waals surface area contributed by atoms with Crippen molar-refractivity contribution >= 4 is 0 Å². The number of rotatable bonds is 4. The van der Waals surface area contributed by atoms with Gasteiger partial charge in [-0.05, 0) is 87.6 Å². The lowest BCUT2D eigenvalue weighted by Gasteiger charge is -2.54. The molecule has 0 amide bonds. The molecule has 3 saturated carbocycles. The third-order valence-electron chi connectivity index (χ3n) is 8.26. The Hall–Kier alpha value is -0.640. The molecule has 0 saturated heterocycles. The Morgan fingerprint density at radius 2 is 1.85 bits per heavy atom. The van der Waals surface area contributed by atoms with Crippen LogP contribution in [0, 0.1) is 28.6 Å². The van der Waals surface area contributed by atoms with Crippen LogP contribution in [0.1, 0.15) is 58.8 Å². The zero-order valence-corrected chi connectivity index (χ0v) is 17.2. The number of hydrogen-bond acceptors (Lipinski definition) is 3. The van der Waals surface area contributed by atoms with Crippen LogP contribution in [0.3, 0.4) is 0 Å². The summed E-state index contributed by atoms with van der Waals surface area (Å²) in [6, 6.07) is 0. The fraction of sp³-hybridized carbons (Fsp3) is 0.826. The lowest BCUT2D eigenvalue weighted by molar-refractivity contribution is -0.110. The standard InChI is InChI=1S/C23H39NO2/c1-16-8-9-19-21(26)20(11-13-22(16,19)2)23(3)12-10-18(25)15-17(23)7-6-14-24(4)5/h6-7,17-21,25-26H,1,8-15H2,2-5H3/t17-,18-,19?,20?,21-,22+,23-/m0/s1. The van der Waals surface area contributed by atoms with E-state index in [-0.39, 0.29) is 23.0 Å². The van der Waals surface area contributed by atoms with Gasteiger partial charge in [0, 0.05) is 6.54 Å². The van der Waals surface area contributed by atoms with Crippen molar-refractivity contribution in [2.24, 2.45) is 28.6 Å². The molecule has 0 aliphatic heterocycles. The molecule has 0 aromatic rings. The summed E-state index contributed by atoms with van der Waals surface area (Å²) in [5.74, 6) is 1.04. The molecule has 0 radical (unpaired) electrons. The molecule has 0 aromatic heterocycles. The molecule has 2 N–H and O–H groups in total. The third kappa shape index (κ3) is 3.43. The van der Waals surface area contributed by atoms with Gasteiger partial charge >= 0.3 is 0 Å². The summed E-state index contributed by atoms with van der Waals surface area (Å²) < 4.78 is 0. The Labute approximate surface area is 160 Å². The van der Waals surface area contributed by atoms with E-state index in [1.807, 2.05) is 0 Å². The monoisotopic (exact) mass is 361 g/mol. The van der Waals surface area contributed by atoms with Crippen LogP contribution in [0.2, 0.25) is 0 Å². The first-order chi connectivity index (χ1) is 12.2. The van der Waals surface area contributed by atoms with Gasteiger partial charge < -0.3 is 15.1 Å². The van der Waals surface area contributed by atoms with E-state index in [4.69, 9.17) is 0 Å². The summed E-state index contributed by atoms with van der Waals surface area (Å²) in [7, 11) is 4.16. The molecule has 3 aliphatic rings. The van der Waals surface area contributed by atoms with E-state index in [0.717, 1.165) is 51.5 Å². The average molecular weight is 362 g/mol. The lowest BCUT2D eigenvalue weighted by atomic mass is 9.52. The van der Waals surface area contributed by atoms with Gasteiger partial charge in [0.25, 0.3) is 0 Å². The summed E-state index contributed by atoms with van der Waals surface area (Å²) in [6.07, 6.45) is 11.3. The van der Waals surface area contributed by atoms with Crippen molar-refractivity contribution in [1.29, 1.82) is 0 Å². The molecule has 3 fully saturated rings. The van der Waals surface area contributed by atoms with Crippen molar-refractivity contribution in [2.45, 2.75) is 71.0 Å². The van der Waals surface area contributed by atoms with Crippen molar-refractivity contribution in [2.75, 3.05) is 20.6 Å². The number of aliphatic hydroxyl groups excluding tert-OH is 2. The number of likely N-dealkylation sites (N-methyl/N-ethyl adjacent to an activating group) is 1. The highest BCUT2D eigenvalue weighted by Crippen LogP contribution is 2.61. The summed E-state index contributed by atoms with van der Waals surface area (Å²) in [6.45, 7) is 9.95. The number of aliphatic hydroxyl groups is 2. The van der Waals surface area contributed by atoms with Crippen LogP contribution < -0.4 is 0 Å². The van der Waals surface area contributed by atoms with Crippen LogP contribution >= 0.6 is 0 Å². The van der Waals surface area contributed by atoms with E-state index >= 15 is 0 Å². The van der Waals surface area contributed by atoms with Gasteiger partial charge in [-0.3, -0.25) is 0 Å². The molecule has 0 aromatic carbocycles. The van der Waals surface area contributed by atoms with Gasteiger partial charge in [0.2, 0.25) is 0 Å². The highest BCUT2D eigenvalue weighted by atomic mass is 16.3. The Balaban J connectivity index is 1.82. The Kier molecular flexibility index (Phi) is 5.73. The van der Waals surface area contributed by atoms with Gasteiger partial charge in [-0.2, -0.15) is 0 Å². The first-order valence-corrected chi connectivity index (χ1v) is 10.5. The molecular formula is C23H39NO2. The molecule has 2 unspecified atom stereocenters. The van der Waals surface area contributed by atoms with Crippen LogP contribution in [-0.2, 0) is 0 Å². The van der Waals surface area contributed by atoms with Crippen molar-refractivity contribution in [3.05, 3.63) is 24.3 Å². The molecule has 3 aliphatic carbocycles. The molecule has 26 heavy (non-hydrogen) atoms. The Morgan fingerprint density at radius 1 is 1.12 bits per heavy atom. The molecular weight excluding hydrogens is 322 g/mol. The second-order valence-corrected chi connectivity index (χ2v) is 10.0. The van der Waals surface area contributed by atoms with Crippen molar-refractivity contribution in [3.63, 3.8) is 0 Å². The van der Waals surface area contributed by atoms with Crippen LogP contribution in [0.15, 0.2) is 24.3 Å². The van der Waals surface area contributed by atoms with Crippen LogP contribution in [0.25, 0.3) is 0 Å². The zero-order valence-electron chi connectivity index (χ0n) is 17.2. The first kappa shape index (κ1) is 20.1. The fourth-order valence-electron chi connectivity index (χ4n) is 6.27. The largest absolute Gasteiger partial charge is 0.393 e. The SMILES string of the molecule is C=C1CCC2[C@H](O)C([C@@]3(C)CC[C@H](O)C[C@@H]3C=CCN(C)C)CC[C@]12C. The van der Waals surface area contributed by atoms with Crippen LogP contribution in [-0.4, -0.2) is 48.0 Å². The maximum absolute atomic E-state index is 11.4. The van der Waals surface area contributed by atoms with Crippen molar-refractivity contribution < 1.29 is 10.2 Å². The van der Waals surface area contributed by atoms with E-state index in [1.54, 1.807) is 0 Å². The molecule has 0 heterocycles. The topological polar surface area (TPSA) is 43.7 Å². The first-order valence-electron chi connectivity index (χ1n) is 10.5. The second kappa shape index (κ2) is 7.41. The highest BCUT2D eigenvalue weighted by Gasteiger charge is 2.56. The van der Waals surface area contributed by atoms with Gasteiger partial charge in [-0.1, -0.05) is 38.2 Å².